The SMILES string of the molecule is c1ccc2c(-n3c4ccccc4c4cc(-c5ccc6sc7cccc(-c8cc(-c9ccc%10oc%11ccccc%11c%10c9)cc(-c9cccc%10sc%11ccc(-c%12ccc%13c(c%12)c%12ccccc%12n%13-c%12cccc%13ccccc%12%13)cc%11c9%10)c8)c7c6c5)ccc43)cccc2c1. The van der Waals surface area contributed by atoms with Crippen LogP contribution < -0.4 is 0 Å². The number of rotatable bonds is 7. The Bertz CT molecular complexity index is 6140. The predicted octanol–water partition coefficient (Wildman–Crippen LogP) is 25.2. The fraction of sp³-hybridized carbons (Fsp3) is 0. The van der Waals surface area contributed by atoms with E-state index in [2.05, 4.69) is 306 Å². The lowest BCUT2D eigenvalue weighted by molar-refractivity contribution is 0.669. The van der Waals surface area contributed by atoms with E-state index in [0.717, 1.165) is 33.1 Å². The Morgan fingerprint density at radius 2 is 0.604 bits per heavy atom. The summed E-state index contributed by atoms with van der Waals surface area (Å²) in [7, 11) is 0. The Balaban J connectivity index is 0.757. The van der Waals surface area contributed by atoms with Gasteiger partial charge in [-0.25, -0.2) is 0 Å². The molecule has 0 aliphatic carbocycles. The lowest BCUT2D eigenvalue weighted by Gasteiger charge is -2.14. The molecule has 0 radical (unpaired) electrons. The van der Waals surface area contributed by atoms with E-state index >= 15 is 0 Å². The molecule has 0 aliphatic rings. The van der Waals surface area contributed by atoms with Crippen molar-refractivity contribution in [3.8, 4) is 67.0 Å². The molecule has 0 fully saturated rings. The third-order valence-corrected chi connectivity index (χ3v) is 21.6. The van der Waals surface area contributed by atoms with Crippen molar-refractivity contribution in [3.05, 3.63) is 303 Å². The molecule has 0 spiro atoms. The lowest BCUT2D eigenvalue weighted by Crippen LogP contribution is -1.95. The molecule has 0 N–H and O–H groups in total. The molecule has 422 valence electrons. The Morgan fingerprint density at radius 1 is 0.220 bits per heavy atom. The van der Waals surface area contributed by atoms with Crippen molar-refractivity contribution >= 4 is 150 Å². The monoisotopic (exact) mass is 1190 g/mol. The third-order valence-electron chi connectivity index (χ3n) is 19.3. The molecule has 0 unspecified atom stereocenters. The largest absolute Gasteiger partial charge is 0.456 e. The van der Waals surface area contributed by atoms with Crippen LogP contribution in [0.5, 0.6) is 0 Å². The quantitative estimate of drug-likeness (QED) is 0.156. The minimum atomic E-state index is 0.890. The van der Waals surface area contributed by atoms with Gasteiger partial charge in [0.15, 0.2) is 0 Å². The van der Waals surface area contributed by atoms with Gasteiger partial charge in [0.2, 0.25) is 0 Å². The van der Waals surface area contributed by atoms with Gasteiger partial charge in [-0.2, -0.15) is 0 Å². The van der Waals surface area contributed by atoms with Gasteiger partial charge in [-0.3, -0.25) is 0 Å². The van der Waals surface area contributed by atoms with Gasteiger partial charge in [-0.15, -0.1) is 22.7 Å². The first-order valence-electron chi connectivity index (χ1n) is 31.1. The molecule has 3 nitrogen and oxygen atoms in total. The van der Waals surface area contributed by atoms with E-state index < -0.39 is 0 Å². The molecular formula is C86H50N2OS2. The van der Waals surface area contributed by atoms with Crippen LogP contribution in [0, 0.1) is 0 Å². The summed E-state index contributed by atoms with van der Waals surface area (Å²) < 4.78 is 16.4. The second-order valence-electron chi connectivity index (χ2n) is 24.3. The van der Waals surface area contributed by atoms with Crippen molar-refractivity contribution in [1.82, 2.24) is 9.13 Å². The highest BCUT2D eigenvalue weighted by Gasteiger charge is 2.22. The van der Waals surface area contributed by atoms with Crippen molar-refractivity contribution in [1.29, 1.82) is 0 Å². The van der Waals surface area contributed by atoms with Crippen LogP contribution in [0.1, 0.15) is 0 Å². The van der Waals surface area contributed by atoms with Crippen molar-refractivity contribution in [3.63, 3.8) is 0 Å². The summed E-state index contributed by atoms with van der Waals surface area (Å²) in [5, 5.41) is 17.2. The highest BCUT2D eigenvalue weighted by atomic mass is 32.1. The number of thiophene rings is 2. The van der Waals surface area contributed by atoms with Crippen LogP contribution in [-0.4, -0.2) is 9.13 Å². The first-order valence-corrected chi connectivity index (χ1v) is 32.7. The molecule has 5 heterocycles. The van der Waals surface area contributed by atoms with Gasteiger partial charge >= 0.3 is 0 Å². The fourth-order valence-corrected chi connectivity index (χ4v) is 17.4. The zero-order chi connectivity index (χ0) is 59.4. The first kappa shape index (κ1) is 50.6. The second kappa shape index (κ2) is 19.6. The maximum Gasteiger partial charge on any atom is 0.135 e. The van der Waals surface area contributed by atoms with Crippen LogP contribution >= 0.6 is 22.7 Å². The summed E-state index contributed by atoms with van der Waals surface area (Å²) in [6, 6.07) is 113. The highest BCUT2D eigenvalue weighted by molar-refractivity contribution is 7.26. The van der Waals surface area contributed by atoms with E-state index in [0.29, 0.717) is 0 Å². The fourth-order valence-electron chi connectivity index (χ4n) is 15.1. The van der Waals surface area contributed by atoms with Crippen molar-refractivity contribution in [2.24, 2.45) is 0 Å². The lowest BCUT2D eigenvalue weighted by atomic mass is 9.89. The number of fused-ring (bicyclic) bond motifs is 17. The van der Waals surface area contributed by atoms with Crippen LogP contribution in [0.3, 0.4) is 0 Å². The maximum absolute atomic E-state index is 6.42. The van der Waals surface area contributed by atoms with Gasteiger partial charge in [0.25, 0.3) is 0 Å². The predicted molar refractivity (Wildman–Crippen MR) is 390 cm³/mol. The second-order valence-corrected chi connectivity index (χ2v) is 26.4. The number of furan rings is 1. The topological polar surface area (TPSA) is 23.0 Å². The van der Waals surface area contributed by atoms with E-state index in [-0.39, 0.29) is 0 Å². The molecule has 91 heavy (non-hydrogen) atoms. The summed E-state index contributed by atoms with van der Waals surface area (Å²) in [4.78, 5) is 0. The van der Waals surface area contributed by atoms with Gasteiger partial charge in [0, 0.05) is 83.4 Å². The minimum Gasteiger partial charge on any atom is -0.456 e. The molecule has 20 aromatic rings. The summed E-state index contributed by atoms with van der Waals surface area (Å²) >= 11 is 3.75. The van der Waals surface area contributed by atoms with Crippen LogP contribution in [0.2, 0.25) is 0 Å². The van der Waals surface area contributed by atoms with Gasteiger partial charge in [0.1, 0.15) is 11.2 Å². The summed E-state index contributed by atoms with van der Waals surface area (Å²) in [6.07, 6.45) is 0. The standard InChI is InChI=1S/C86H50N2OS2/c1-3-19-61-51(15-1)17-11-28-73(61)87-75-26-8-5-21-65(75)68-46-53(33-38-77(68)87)55-36-41-81-71(49-55)85-63(24-13-31-83(85)90-81)59-43-58(57-35-40-80-70(48-57)67-23-7-10-30-79(67)89-80)44-60(45-59)64-25-14-32-84-86(64)72-50-56(37-42-82(72)91-84)54-34-39-78-69(47-54)66-22-6-9-27-76(66)88(78)74-29-12-18-52-16-2-4-20-62(52)74/h1-50H. The molecule has 15 aromatic carbocycles. The molecule has 0 saturated carbocycles. The molecule has 0 aliphatic heterocycles. The molecule has 0 amide bonds. The van der Waals surface area contributed by atoms with Crippen LogP contribution in [0.15, 0.2) is 308 Å². The molecule has 5 aromatic heterocycles. The number of aromatic nitrogens is 2. The van der Waals surface area contributed by atoms with E-state index in [1.54, 1.807) is 0 Å². The van der Waals surface area contributed by atoms with Crippen molar-refractivity contribution in [2.75, 3.05) is 0 Å². The van der Waals surface area contributed by atoms with E-state index in [1.807, 2.05) is 28.7 Å². The van der Waals surface area contributed by atoms with E-state index in [1.165, 1.54) is 161 Å². The molecule has 0 saturated heterocycles. The maximum atomic E-state index is 6.42. The van der Waals surface area contributed by atoms with Crippen molar-refractivity contribution < 1.29 is 4.42 Å². The van der Waals surface area contributed by atoms with Crippen LogP contribution in [0.4, 0.5) is 0 Å². The molecule has 20 rings (SSSR count). The van der Waals surface area contributed by atoms with Crippen molar-refractivity contribution in [2.45, 2.75) is 0 Å². The van der Waals surface area contributed by atoms with Gasteiger partial charge < -0.3 is 13.6 Å². The Morgan fingerprint density at radius 3 is 1.15 bits per heavy atom. The molecule has 0 atom stereocenters. The van der Waals surface area contributed by atoms with E-state index in [9.17, 15) is 0 Å². The van der Waals surface area contributed by atoms with Crippen LogP contribution in [0.25, 0.3) is 194 Å². The Labute approximate surface area is 530 Å². The molecule has 0 bridgehead atoms. The van der Waals surface area contributed by atoms with Gasteiger partial charge in [-0.1, -0.05) is 182 Å². The summed E-state index contributed by atoms with van der Waals surface area (Å²) in [5.74, 6) is 0. The summed E-state index contributed by atoms with van der Waals surface area (Å²) in [5.41, 5.74) is 20.8. The third kappa shape index (κ3) is 7.72. The van der Waals surface area contributed by atoms with E-state index in [4.69, 9.17) is 4.42 Å². The number of hydrogen-bond donors (Lipinski definition) is 0. The summed E-state index contributed by atoms with van der Waals surface area (Å²) in [6.45, 7) is 0. The Kier molecular flexibility index (Phi) is 10.9. The zero-order valence-corrected chi connectivity index (χ0v) is 50.6. The number of para-hydroxylation sites is 3. The normalized spacial score (nSPS) is 12.2. The number of nitrogens with zero attached hydrogens (tertiary/aromatic N) is 2. The average Bonchev–Trinajstić information content (AvgIpc) is 1.72. The number of benzene rings is 15. The van der Waals surface area contributed by atoms with Gasteiger partial charge in [-0.05, 0) is 188 Å². The smallest absolute Gasteiger partial charge is 0.135 e. The first-order chi connectivity index (χ1) is 45.1. The van der Waals surface area contributed by atoms with Gasteiger partial charge in [0.05, 0.1) is 33.4 Å². The average molecular weight is 1190 g/mol. The Hall–Kier alpha value is -11.3. The molecule has 5 heteroatoms. The number of hydrogen-bond acceptors (Lipinski definition) is 3. The van der Waals surface area contributed by atoms with Crippen LogP contribution in [-0.2, 0) is 0 Å². The highest BCUT2D eigenvalue weighted by Crippen LogP contribution is 2.48. The zero-order valence-electron chi connectivity index (χ0n) is 49.0. The minimum absolute atomic E-state index is 0.890. The molecular weight excluding hydrogens is 1140 g/mol.